The lowest BCUT2D eigenvalue weighted by molar-refractivity contribution is 0.122. The van der Waals surface area contributed by atoms with Crippen molar-refractivity contribution in [3.63, 3.8) is 0 Å². The molecular weight excluding hydrogens is 377 g/mol. The van der Waals surface area contributed by atoms with Gasteiger partial charge in [0.2, 0.25) is 5.95 Å². The number of nitrogens with one attached hydrogen (secondary N) is 2. The number of carbonyl (C=O) groups is 1. The number of aromatic nitrogens is 2. The van der Waals surface area contributed by atoms with E-state index in [1.54, 1.807) is 19.0 Å². The van der Waals surface area contributed by atoms with E-state index in [0.717, 1.165) is 12.1 Å². The van der Waals surface area contributed by atoms with E-state index in [4.69, 9.17) is 4.74 Å². The van der Waals surface area contributed by atoms with E-state index in [1.807, 2.05) is 4.90 Å². The number of benzene rings is 1. The van der Waals surface area contributed by atoms with E-state index in [-0.39, 0.29) is 5.69 Å². The molecule has 0 spiro atoms. The van der Waals surface area contributed by atoms with Gasteiger partial charge in [-0.3, -0.25) is 0 Å². The Balaban J connectivity index is 1.77. The first-order valence-corrected chi connectivity index (χ1v) is 8.45. The van der Waals surface area contributed by atoms with Crippen molar-refractivity contribution in [1.29, 1.82) is 0 Å². The largest absolute Gasteiger partial charge is 0.378 e. The normalized spacial score (nSPS) is 14.0. The van der Waals surface area contributed by atoms with Crippen molar-refractivity contribution in [3.8, 4) is 0 Å². The van der Waals surface area contributed by atoms with Gasteiger partial charge < -0.3 is 25.2 Å². The summed E-state index contributed by atoms with van der Waals surface area (Å²) in [4.78, 5) is 24.5. The minimum atomic E-state index is -1.66. The van der Waals surface area contributed by atoms with Crippen LogP contribution >= 0.6 is 0 Å². The molecule has 2 aromatic rings. The molecule has 8 nitrogen and oxygen atoms in total. The van der Waals surface area contributed by atoms with Crippen molar-refractivity contribution in [2.45, 2.75) is 0 Å². The molecule has 1 aliphatic heterocycles. The molecule has 0 unspecified atom stereocenters. The lowest BCUT2D eigenvalue weighted by atomic mass is 10.3. The highest BCUT2D eigenvalue weighted by Crippen LogP contribution is 2.25. The summed E-state index contributed by atoms with van der Waals surface area (Å²) in [5, 5.41) is 4.63. The van der Waals surface area contributed by atoms with E-state index < -0.39 is 29.2 Å². The van der Waals surface area contributed by atoms with Crippen LogP contribution < -0.4 is 20.4 Å². The molecule has 1 fully saturated rings. The smallest absolute Gasteiger partial charge is 0.323 e. The van der Waals surface area contributed by atoms with E-state index >= 15 is 0 Å². The van der Waals surface area contributed by atoms with Crippen LogP contribution in [0.5, 0.6) is 0 Å². The van der Waals surface area contributed by atoms with Gasteiger partial charge in [-0.1, -0.05) is 0 Å². The zero-order valence-corrected chi connectivity index (χ0v) is 15.3. The van der Waals surface area contributed by atoms with Gasteiger partial charge in [0.1, 0.15) is 5.69 Å². The van der Waals surface area contributed by atoms with Gasteiger partial charge in [0.05, 0.1) is 25.1 Å². The Kier molecular flexibility index (Phi) is 5.83. The van der Waals surface area contributed by atoms with Crippen molar-refractivity contribution >= 4 is 29.2 Å². The van der Waals surface area contributed by atoms with Crippen LogP contribution in [0, 0.1) is 17.5 Å². The standard InChI is InChI=1S/C17H19F3N6O2/c1-25(2)15-12(9-21-16(24-15)26-5-7-28-8-6-26)23-17(27)22-11-4-3-10(18)13(19)14(11)20/h3-4,9H,5-8H2,1-2H3,(H2,22,23,27). The number of anilines is 4. The van der Waals surface area contributed by atoms with E-state index in [9.17, 15) is 18.0 Å². The topological polar surface area (TPSA) is 82.6 Å². The molecule has 0 radical (unpaired) electrons. The highest BCUT2D eigenvalue weighted by atomic mass is 19.2. The summed E-state index contributed by atoms with van der Waals surface area (Å²) in [6.07, 6.45) is 1.42. The first-order valence-electron chi connectivity index (χ1n) is 8.45. The number of nitrogens with zero attached hydrogens (tertiary/aromatic N) is 4. The fraction of sp³-hybridized carbons (Fsp3) is 0.353. The fourth-order valence-corrected chi connectivity index (χ4v) is 2.61. The molecule has 11 heteroatoms. The average molecular weight is 396 g/mol. The van der Waals surface area contributed by atoms with Crippen molar-refractivity contribution in [2.24, 2.45) is 0 Å². The molecule has 0 aliphatic carbocycles. The fourth-order valence-electron chi connectivity index (χ4n) is 2.61. The minimum absolute atomic E-state index is 0.266. The molecule has 0 atom stereocenters. The minimum Gasteiger partial charge on any atom is -0.378 e. The predicted octanol–water partition coefficient (Wildman–Crippen LogP) is 2.44. The number of halogens is 3. The number of urea groups is 1. The van der Waals surface area contributed by atoms with E-state index in [2.05, 4.69) is 20.6 Å². The summed E-state index contributed by atoms with van der Waals surface area (Å²) in [6.45, 7) is 2.44. The summed E-state index contributed by atoms with van der Waals surface area (Å²) in [7, 11) is 3.48. The molecule has 28 heavy (non-hydrogen) atoms. The summed E-state index contributed by atoms with van der Waals surface area (Å²) in [5.74, 6) is -3.57. The Morgan fingerprint density at radius 2 is 1.79 bits per heavy atom. The van der Waals surface area contributed by atoms with E-state index in [0.29, 0.717) is 38.1 Å². The van der Waals surface area contributed by atoms with Crippen LogP contribution in [0.3, 0.4) is 0 Å². The Morgan fingerprint density at radius 3 is 2.46 bits per heavy atom. The maximum absolute atomic E-state index is 13.7. The first-order chi connectivity index (χ1) is 13.4. The Morgan fingerprint density at radius 1 is 1.11 bits per heavy atom. The van der Waals surface area contributed by atoms with Gasteiger partial charge in [-0.05, 0) is 12.1 Å². The van der Waals surface area contributed by atoms with Crippen molar-refractivity contribution in [1.82, 2.24) is 9.97 Å². The van der Waals surface area contributed by atoms with E-state index in [1.165, 1.54) is 6.20 Å². The predicted molar refractivity (Wildman–Crippen MR) is 98.3 cm³/mol. The van der Waals surface area contributed by atoms with Crippen molar-refractivity contribution in [2.75, 3.05) is 60.8 Å². The second-order valence-corrected chi connectivity index (χ2v) is 6.20. The Hall–Kier alpha value is -3.08. The molecule has 0 bridgehead atoms. The Labute approximate surface area is 159 Å². The third-order valence-corrected chi connectivity index (χ3v) is 4.01. The lowest BCUT2D eigenvalue weighted by Gasteiger charge is -2.28. The maximum atomic E-state index is 13.7. The number of rotatable bonds is 4. The van der Waals surface area contributed by atoms with Crippen LogP contribution in [-0.2, 0) is 4.74 Å². The second kappa shape index (κ2) is 8.30. The molecule has 1 saturated heterocycles. The summed E-state index contributed by atoms with van der Waals surface area (Å²) < 4.78 is 45.3. The van der Waals surface area contributed by atoms with Crippen LogP contribution in [-0.4, -0.2) is 56.4 Å². The van der Waals surface area contributed by atoms with Gasteiger partial charge >= 0.3 is 6.03 Å². The van der Waals surface area contributed by atoms with Crippen molar-refractivity contribution < 1.29 is 22.7 Å². The quantitative estimate of drug-likeness (QED) is 0.773. The number of amides is 2. The molecular formula is C17H19F3N6O2. The molecule has 3 rings (SSSR count). The third-order valence-electron chi connectivity index (χ3n) is 4.01. The second-order valence-electron chi connectivity index (χ2n) is 6.20. The first kappa shape index (κ1) is 19.7. The summed E-state index contributed by atoms with van der Waals surface area (Å²) >= 11 is 0. The van der Waals surface area contributed by atoms with Crippen LogP contribution in [0.15, 0.2) is 18.3 Å². The van der Waals surface area contributed by atoms with Gasteiger partial charge in [0.15, 0.2) is 23.3 Å². The highest BCUT2D eigenvalue weighted by Gasteiger charge is 2.19. The average Bonchev–Trinajstić information content (AvgIpc) is 2.69. The van der Waals surface area contributed by atoms with Gasteiger partial charge in [-0.25, -0.2) is 22.9 Å². The molecule has 1 aliphatic rings. The number of hydrogen-bond donors (Lipinski definition) is 2. The third kappa shape index (κ3) is 4.25. The molecule has 2 N–H and O–H groups in total. The molecule has 0 saturated carbocycles. The molecule has 2 heterocycles. The van der Waals surface area contributed by atoms with Crippen LogP contribution in [0.4, 0.5) is 41.1 Å². The number of carbonyl (C=O) groups excluding carboxylic acids is 1. The van der Waals surface area contributed by atoms with Gasteiger partial charge in [0, 0.05) is 27.2 Å². The number of hydrogen-bond acceptors (Lipinski definition) is 6. The Bertz CT molecular complexity index is 874. The van der Waals surface area contributed by atoms with Crippen LogP contribution in [0.25, 0.3) is 0 Å². The van der Waals surface area contributed by atoms with Gasteiger partial charge in [-0.15, -0.1) is 0 Å². The number of ether oxygens (including phenoxy) is 1. The number of morpholine rings is 1. The maximum Gasteiger partial charge on any atom is 0.323 e. The monoisotopic (exact) mass is 396 g/mol. The van der Waals surface area contributed by atoms with Crippen molar-refractivity contribution in [3.05, 3.63) is 35.8 Å². The summed E-state index contributed by atoms with van der Waals surface area (Å²) in [6, 6.07) is 0.799. The SMILES string of the molecule is CN(C)c1nc(N2CCOCC2)ncc1NC(=O)Nc1ccc(F)c(F)c1F. The van der Waals surface area contributed by atoms with Gasteiger partial charge in [0.25, 0.3) is 0 Å². The molecule has 1 aromatic heterocycles. The molecule has 150 valence electrons. The molecule has 1 aromatic carbocycles. The zero-order chi connectivity index (χ0) is 20.3. The van der Waals surface area contributed by atoms with Crippen LogP contribution in [0.2, 0.25) is 0 Å². The molecule has 2 amide bonds. The zero-order valence-electron chi connectivity index (χ0n) is 15.3. The lowest BCUT2D eigenvalue weighted by Crippen LogP contribution is -2.37. The van der Waals surface area contributed by atoms with Crippen LogP contribution in [0.1, 0.15) is 0 Å². The van der Waals surface area contributed by atoms with Gasteiger partial charge in [-0.2, -0.15) is 4.98 Å². The highest BCUT2D eigenvalue weighted by molar-refractivity contribution is 6.01. The summed E-state index contributed by atoms with van der Waals surface area (Å²) in [5.41, 5.74) is -0.226.